The van der Waals surface area contributed by atoms with Gasteiger partial charge in [-0.05, 0) is 79.1 Å². The van der Waals surface area contributed by atoms with E-state index in [1.54, 1.807) is 61.7 Å². The lowest BCUT2D eigenvalue weighted by atomic mass is 10.1. The van der Waals surface area contributed by atoms with E-state index in [9.17, 15) is 13.2 Å². The molecule has 3 aromatic rings. The lowest BCUT2D eigenvalue weighted by molar-refractivity contribution is 0.0947. The van der Waals surface area contributed by atoms with Gasteiger partial charge in [0.1, 0.15) is 18.1 Å². The van der Waals surface area contributed by atoms with Crippen molar-refractivity contribution in [3.8, 4) is 11.5 Å². The predicted molar refractivity (Wildman–Crippen MR) is 134 cm³/mol. The molecule has 3 aromatic carbocycles. The SMILES string of the molecule is COc1ccc(OCCNC(=O)c2ccc(CN(c3ccc(C)c(C)c3)S(C)(=O)=O)cc2)cc1. The minimum absolute atomic E-state index is 0.179. The molecule has 8 heteroatoms. The highest BCUT2D eigenvalue weighted by Gasteiger charge is 2.18. The molecule has 0 spiro atoms. The van der Waals surface area contributed by atoms with E-state index in [0.717, 1.165) is 22.4 Å². The molecule has 0 saturated carbocycles. The van der Waals surface area contributed by atoms with E-state index < -0.39 is 10.0 Å². The van der Waals surface area contributed by atoms with Crippen molar-refractivity contribution < 1.29 is 22.7 Å². The van der Waals surface area contributed by atoms with Crippen LogP contribution in [0.25, 0.3) is 0 Å². The van der Waals surface area contributed by atoms with Crippen molar-refractivity contribution in [3.05, 3.63) is 89.0 Å². The Bertz CT molecular complexity index is 1220. The molecule has 0 bridgehead atoms. The topological polar surface area (TPSA) is 84.9 Å². The maximum absolute atomic E-state index is 12.4. The van der Waals surface area contributed by atoms with Crippen LogP contribution in [-0.2, 0) is 16.6 Å². The van der Waals surface area contributed by atoms with Gasteiger partial charge >= 0.3 is 0 Å². The quantitative estimate of drug-likeness (QED) is 0.440. The van der Waals surface area contributed by atoms with E-state index in [1.807, 2.05) is 26.0 Å². The van der Waals surface area contributed by atoms with E-state index in [-0.39, 0.29) is 12.5 Å². The van der Waals surface area contributed by atoms with Gasteiger partial charge in [0.15, 0.2) is 0 Å². The molecule has 0 unspecified atom stereocenters. The van der Waals surface area contributed by atoms with Gasteiger partial charge in [-0.2, -0.15) is 0 Å². The Morgan fingerprint density at radius 2 is 1.56 bits per heavy atom. The van der Waals surface area contributed by atoms with Crippen LogP contribution < -0.4 is 19.1 Å². The predicted octanol–water partition coefficient (Wildman–Crippen LogP) is 4.09. The molecule has 180 valence electrons. The molecule has 0 aromatic heterocycles. The largest absolute Gasteiger partial charge is 0.497 e. The lowest BCUT2D eigenvalue weighted by Gasteiger charge is -2.23. The van der Waals surface area contributed by atoms with E-state index in [2.05, 4.69) is 5.32 Å². The lowest BCUT2D eigenvalue weighted by Crippen LogP contribution is -2.29. The van der Waals surface area contributed by atoms with Crippen molar-refractivity contribution in [2.24, 2.45) is 0 Å². The Morgan fingerprint density at radius 1 is 0.912 bits per heavy atom. The number of carbonyl (C=O) groups excluding carboxylic acids is 1. The number of anilines is 1. The van der Waals surface area contributed by atoms with E-state index in [0.29, 0.717) is 30.2 Å². The molecule has 1 N–H and O–H groups in total. The van der Waals surface area contributed by atoms with Crippen LogP contribution in [-0.4, -0.2) is 40.8 Å². The van der Waals surface area contributed by atoms with Crippen LogP contribution in [0.5, 0.6) is 11.5 Å². The van der Waals surface area contributed by atoms with Crippen molar-refractivity contribution in [2.45, 2.75) is 20.4 Å². The highest BCUT2D eigenvalue weighted by Crippen LogP contribution is 2.23. The summed E-state index contributed by atoms with van der Waals surface area (Å²) >= 11 is 0. The molecule has 0 fully saturated rings. The summed E-state index contributed by atoms with van der Waals surface area (Å²) in [5.41, 5.74) is 4.01. The second-order valence-electron chi connectivity index (χ2n) is 8.02. The third-order valence-corrected chi connectivity index (χ3v) is 6.58. The minimum atomic E-state index is -3.48. The molecular weight excluding hydrogens is 452 g/mol. The third kappa shape index (κ3) is 6.74. The van der Waals surface area contributed by atoms with E-state index >= 15 is 0 Å². The Morgan fingerprint density at radius 3 is 2.15 bits per heavy atom. The molecule has 0 atom stereocenters. The van der Waals surface area contributed by atoms with Gasteiger partial charge < -0.3 is 14.8 Å². The first-order valence-electron chi connectivity index (χ1n) is 10.9. The van der Waals surface area contributed by atoms with Crippen LogP contribution in [0.15, 0.2) is 66.7 Å². The summed E-state index contributed by atoms with van der Waals surface area (Å²) in [4.78, 5) is 12.4. The molecule has 0 saturated heterocycles. The summed E-state index contributed by atoms with van der Waals surface area (Å²) in [7, 11) is -1.88. The number of nitrogens with one attached hydrogen (secondary N) is 1. The fraction of sp³-hybridized carbons (Fsp3) is 0.269. The number of amides is 1. The molecule has 3 rings (SSSR count). The van der Waals surface area contributed by atoms with Crippen LogP contribution >= 0.6 is 0 Å². The Kier molecular flexibility index (Phi) is 8.17. The monoisotopic (exact) mass is 482 g/mol. The zero-order valence-corrected chi connectivity index (χ0v) is 20.7. The van der Waals surface area contributed by atoms with Gasteiger partial charge in [0, 0.05) is 5.56 Å². The number of nitrogens with zero attached hydrogens (tertiary/aromatic N) is 1. The van der Waals surface area contributed by atoms with Gasteiger partial charge in [0.25, 0.3) is 5.91 Å². The summed E-state index contributed by atoms with van der Waals surface area (Å²) in [5.74, 6) is 1.22. The van der Waals surface area contributed by atoms with Crippen LogP contribution in [0, 0.1) is 13.8 Å². The molecule has 0 heterocycles. The number of carbonyl (C=O) groups is 1. The van der Waals surface area contributed by atoms with Gasteiger partial charge in [-0.3, -0.25) is 9.10 Å². The number of hydrogen-bond donors (Lipinski definition) is 1. The zero-order chi connectivity index (χ0) is 24.7. The van der Waals surface area contributed by atoms with Gasteiger partial charge in [-0.15, -0.1) is 0 Å². The fourth-order valence-electron chi connectivity index (χ4n) is 3.32. The first-order valence-corrected chi connectivity index (χ1v) is 12.7. The first kappa shape index (κ1) is 25.1. The van der Waals surface area contributed by atoms with Crippen LogP contribution in [0.1, 0.15) is 27.0 Å². The van der Waals surface area contributed by atoms with Crippen molar-refractivity contribution in [2.75, 3.05) is 30.8 Å². The third-order valence-electron chi connectivity index (χ3n) is 5.44. The summed E-state index contributed by atoms with van der Waals surface area (Å²) in [6, 6.07) is 19.7. The standard InChI is InChI=1S/C26H30N2O5S/c1-19-5-10-23(17-20(19)2)28(34(4,30)31)18-21-6-8-22(9-7-21)26(29)27-15-16-33-25-13-11-24(32-3)12-14-25/h5-14,17H,15-16,18H2,1-4H3,(H,27,29). The van der Waals surface area contributed by atoms with Crippen molar-refractivity contribution >= 4 is 21.6 Å². The first-order chi connectivity index (χ1) is 16.2. The molecular formula is C26H30N2O5S. The highest BCUT2D eigenvalue weighted by molar-refractivity contribution is 7.92. The number of ether oxygens (including phenoxy) is 2. The summed E-state index contributed by atoms with van der Waals surface area (Å²) in [6.45, 7) is 4.79. The van der Waals surface area contributed by atoms with E-state index in [1.165, 1.54) is 10.6 Å². The number of benzene rings is 3. The van der Waals surface area contributed by atoms with Crippen LogP contribution in [0.2, 0.25) is 0 Å². The molecule has 0 aliphatic heterocycles. The number of rotatable bonds is 10. The molecule has 34 heavy (non-hydrogen) atoms. The van der Waals surface area contributed by atoms with Crippen LogP contribution in [0.3, 0.4) is 0 Å². The number of sulfonamides is 1. The highest BCUT2D eigenvalue weighted by atomic mass is 32.2. The average molecular weight is 483 g/mol. The smallest absolute Gasteiger partial charge is 0.251 e. The maximum Gasteiger partial charge on any atom is 0.251 e. The Balaban J connectivity index is 1.57. The van der Waals surface area contributed by atoms with Crippen molar-refractivity contribution in [1.29, 1.82) is 0 Å². The molecule has 1 amide bonds. The van der Waals surface area contributed by atoms with Gasteiger partial charge in [-0.25, -0.2) is 8.42 Å². The average Bonchev–Trinajstić information content (AvgIpc) is 2.82. The normalized spacial score (nSPS) is 11.1. The summed E-state index contributed by atoms with van der Waals surface area (Å²) in [5, 5.41) is 2.82. The van der Waals surface area contributed by atoms with E-state index in [4.69, 9.17) is 9.47 Å². The number of aryl methyl sites for hydroxylation is 2. The Labute approximate surface area is 201 Å². The molecule has 0 radical (unpaired) electrons. The number of methoxy groups -OCH3 is 1. The van der Waals surface area contributed by atoms with Gasteiger partial charge in [-0.1, -0.05) is 18.2 Å². The van der Waals surface area contributed by atoms with Gasteiger partial charge in [0.05, 0.1) is 32.1 Å². The second kappa shape index (κ2) is 11.1. The minimum Gasteiger partial charge on any atom is -0.497 e. The Hall–Kier alpha value is -3.52. The summed E-state index contributed by atoms with van der Waals surface area (Å²) < 4.78 is 37.0. The van der Waals surface area contributed by atoms with Gasteiger partial charge in [0.2, 0.25) is 10.0 Å². The van der Waals surface area contributed by atoms with Crippen molar-refractivity contribution in [3.63, 3.8) is 0 Å². The molecule has 0 aliphatic rings. The maximum atomic E-state index is 12.4. The number of hydrogen-bond acceptors (Lipinski definition) is 5. The summed E-state index contributed by atoms with van der Waals surface area (Å²) in [6.07, 6.45) is 1.19. The molecule has 0 aliphatic carbocycles. The fourth-order valence-corrected chi connectivity index (χ4v) is 4.20. The molecule has 7 nitrogen and oxygen atoms in total. The zero-order valence-electron chi connectivity index (χ0n) is 19.9. The second-order valence-corrected chi connectivity index (χ2v) is 9.92. The van der Waals surface area contributed by atoms with Crippen molar-refractivity contribution in [1.82, 2.24) is 5.32 Å². The van der Waals surface area contributed by atoms with Crippen LogP contribution in [0.4, 0.5) is 5.69 Å².